The lowest BCUT2D eigenvalue weighted by Gasteiger charge is -2.14. The average molecular weight is 248 g/mol. The molecular weight excluding hydrogens is 224 g/mol. The van der Waals surface area contributed by atoms with Crippen LogP contribution in [0.3, 0.4) is 0 Å². The van der Waals surface area contributed by atoms with Crippen molar-refractivity contribution in [1.82, 2.24) is 5.43 Å². The van der Waals surface area contributed by atoms with Gasteiger partial charge in [-0.25, -0.2) is 0 Å². The van der Waals surface area contributed by atoms with Crippen molar-refractivity contribution in [1.29, 1.82) is 0 Å². The summed E-state index contributed by atoms with van der Waals surface area (Å²) < 4.78 is 5.63. The van der Waals surface area contributed by atoms with Crippen LogP contribution in [0.5, 0.6) is 0 Å². The van der Waals surface area contributed by atoms with E-state index in [0.29, 0.717) is 0 Å². The summed E-state index contributed by atoms with van der Waals surface area (Å²) in [6.07, 6.45) is 13.3. The van der Waals surface area contributed by atoms with Crippen molar-refractivity contribution < 1.29 is 4.74 Å². The van der Waals surface area contributed by atoms with Crippen molar-refractivity contribution in [2.24, 2.45) is 5.10 Å². The van der Waals surface area contributed by atoms with Gasteiger partial charge in [-0.3, -0.25) is 5.43 Å². The predicted octanol–water partition coefficient (Wildman–Crippen LogP) is 3.93. The van der Waals surface area contributed by atoms with Gasteiger partial charge in [-0.1, -0.05) is 24.3 Å². The van der Waals surface area contributed by atoms with Crippen LogP contribution in [-0.4, -0.2) is 12.4 Å². The minimum absolute atomic E-state index is 0.174. The van der Waals surface area contributed by atoms with E-state index >= 15 is 0 Å². The van der Waals surface area contributed by atoms with Crippen LogP contribution in [0.15, 0.2) is 52.9 Å². The second-order valence-corrected chi connectivity index (χ2v) is 3.63. The van der Waals surface area contributed by atoms with Crippen LogP contribution in [0.2, 0.25) is 0 Å². The van der Waals surface area contributed by atoms with Gasteiger partial charge in [0.05, 0.1) is 6.21 Å². The monoisotopic (exact) mass is 248 g/mol. The maximum Gasteiger partial charge on any atom is 0.181 e. The SMILES string of the molecule is C\C=C/C(/C=N/NC(C)OC(/C=C\C)=C/C)=C\C. The molecule has 3 nitrogen and oxygen atoms in total. The summed E-state index contributed by atoms with van der Waals surface area (Å²) >= 11 is 0. The molecule has 0 fully saturated rings. The molecule has 0 spiro atoms. The van der Waals surface area contributed by atoms with Crippen LogP contribution in [0.4, 0.5) is 0 Å². The Kier molecular flexibility index (Phi) is 9.37. The van der Waals surface area contributed by atoms with Crippen LogP contribution in [0.25, 0.3) is 0 Å². The number of allylic oxidation sites excluding steroid dienone is 7. The molecule has 0 amide bonds. The maximum absolute atomic E-state index is 5.63. The van der Waals surface area contributed by atoms with Gasteiger partial charge in [0.15, 0.2) is 6.23 Å². The number of ether oxygens (including phenoxy) is 1. The Balaban J connectivity index is 4.26. The second-order valence-electron chi connectivity index (χ2n) is 3.63. The zero-order valence-electron chi connectivity index (χ0n) is 12.0. The minimum atomic E-state index is -0.174. The maximum atomic E-state index is 5.63. The van der Waals surface area contributed by atoms with Crippen LogP contribution in [-0.2, 0) is 4.74 Å². The van der Waals surface area contributed by atoms with E-state index < -0.39 is 0 Å². The molecule has 3 heteroatoms. The lowest BCUT2D eigenvalue weighted by molar-refractivity contribution is 0.112. The van der Waals surface area contributed by atoms with E-state index in [4.69, 9.17) is 4.74 Å². The lowest BCUT2D eigenvalue weighted by Crippen LogP contribution is -2.23. The second kappa shape index (κ2) is 10.4. The highest BCUT2D eigenvalue weighted by molar-refractivity contribution is 5.81. The van der Waals surface area contributed by atoms with Gasteiger partial charge in [-0.15, -0.1) is 0 Å². The molecular formula is C15H24N2O. The van der Waals surface area contributed by atoms with Gasteiger partial charge in [-0.2, -0.15) is 5.10 Å². The molecule has 0 heterocycles. The van der Waals surface area contributed by atoms with Crippen LogP contribution in [0.1, 0.15) is 34.6 Å². The van der Waals surface area contributed by atoms with Gasteiger partial charge in [0.25, 0.3) is 0 Å². The fraction of sp³-hybridized carbons (Fsp3) is 0.400. The van der Waals surface area contributed by atoms with Crippen LogP contribution < -0.4 is 5.43 Å². The largest absolute Gasteiger partial charge is 0.470 e. The zero-order valence-corrected chi connectivity index (χ0v) is 12.0. The van der Waals surface area contributed by atoms with Crippen molar-refractivity contribution in [2.75, 3.05) is 0 Å². The minimum Gasteiger partial charge on any atom is -0.470 e. The Morgan fingerprint density at radius 2 is 1.72 bits per heavy atom. The quantitative estimate of drug-likeness (QED) is 0.243. The van der Waals surface area contributed by atoms with Gasteiger partial charge in [-0.05, 0) is 52.3 Å². The zero-order chi connectivity index (χ0) is 13.8. The fourth-order valence-electron chi connectivity index (χ4n) is 1.22. The van der Waals surface area contributed by atoms with E-state index in [1.54, 1.807) is 6.21 Å². The Hall–Kier alpha value is -1.77. The molecule has 0 aliphatic heterocycles. The normalized spacial score (nSPS) is 15.8. The van der Waals surface area contributed by atoms with Crippen molar-refractivity contribution in [3.8, 4) is 0 Å². The summed E-state index contributed by atoms with van der Waals surface area (Å²) in [5, 5.41) is 4.14. The molecule has 0 saturated carbocycles. The van der Waals surface area contributed by atoms with Crippen LogP contribution in [0, 0.1) is 0 Å². The van der Waals surface area contributed by atoms with Crippen molar-refractivity contribution in [3.63, 3.8) is 0 Å². The molecule has 1 unspecified atom stereocenters. The van der Waals surface area contributed by atoms with E-state index in [1.165, 1.54) is 0 Å². The summed E-state index contributed by atoms with van der Waals surface area (Å²) in [7, 11) is 0. The average Bonchev–Trinajstić information content (AvgIpc) is 2.37. The first-order chi connectivity index (χ1) is 8.67. The summed E-state index contributed by atoms with van der Waals surface area (Å²) in [5.41, 5.74) is 3.98. The number of nitrogens with zero attached hydrogens (tertiary/aromatic N) is 1. The molecule has 0 bridgehead atoms. The Bertz CT molecular complexity index is 363. The van der Waals surface area contributed by atoms with Crippen LogP contribution >= 0.6 is 0 Å². The van der Waals surface area contributed by atoms with Gasteiger partial charge in [0, 0.05) is 0 Å². The number of nitrogens with one attached hydrogen (secondary N) is 1. The van der Waals surface area contributed by atoms with E-state index in [9.17, 15) is 0 Å². The standard InChI is InChI=1S/C15H24N2O/c1-6-10-14(8-3)12-16-17-13(5)18-15(9-4)11-7-2/h6-13,17H,1-5H3/b10-6-,11-7-,14-8+,15-9+,16-12+. The molecule has 0 aromatic carbocycles. The topological polar surface area (TPSA) is 33.6 Å². The highest BCUT2D eigenvalue weighted by Gasteiger charge is 2.00. The molecule has 18 heavy (non-hydrogen) atoms. The van der Waals surface area contributed by atoms with Gasteiger partial charge in [0.1, 0.15) is 5.76 Å². The third-order valence-corrected chi connectivity index (χ3v) is 2.09. The first-order valence-corrected chi connectivity index (χ1v) is 6.21. The number of hydrogen-bond acceptors (Lipinski definition) is 3. The molecule has 0 rings (SSSR count). The molecule has 100 valence electrons. The highest BCUT2D eigenvalue weighted by Crippen LogP contribution is 2.02. The molecule has 0 saturated heterocycles. The van der Waals surface area contributed by atoms with Crippen molar-refractivity contribution >= 4 is 6.21 Å². The fourth-order valence-corrected chi connectivity index (χ4v) is 1.22. The van der Waals surface area contributed by atoms with E-state index in [1.807, 2.05) is 71.1 Å². The number of rotatable bonds is 7. The first kappa shape index (κ1) is 16.2. The third-order valence-electron chi connectivity index (χ3n) is 2.09. The molecule has 1 N–H and O–H groups in total. The highest BCUT2D eigenvalue weighted by atomic mass is 16.5. The predicted molar refractivity (Wildman–Crippen MR) is 79.3 cm³/mol. The molecule has 0 radical (unpaired) electrons. The molecule has 0 aromatic rings. The Labute approximate surface area is 111 Å². The Morgan fingerprint density at radius 1 is 1.06 bits per heavy atom. The molecule has 0 aromatic heterocycles. The van der Waals surface area contributed by atoms with Gasteiger partial charge < -0.3 is 4.74 Å². The van der Waals surface area contributed by atoms with Gasteiger partial charge >= 0.3 is 0 Å². The lowest BCUT2D eigenvalue weighted by atomic mass is 10.2. The smallest absolute Gasteiger partial charge is 0.181 e. The Morgan fingerprint density at radius 3 is 2.22 bits per heavy atom. The van der Waals surface area contributed by atoms with E-state index in [-0.39, 0.29) is 6.23 Å². The summed E-state index contributed by atoms with van der Waals surface area (Å²) in [6, 6.07) is 0. The summed E-state index contributed by atoms with van der Waals surface area (Å²) in [6.45, 7) is 9.76. The number of hydrogen-bond donors (Lipinski definition) is 1. The summed E-state index contributed by atoms with van der Waals surface area (Å²) in [5.74, 6) is 0.826. The van der Waals surface area contributed by atoms with Crippen molar-refractivity contribution in [2.45, 2.75) is 40.8 Å². The van der Waals surface area contributed by atoms with E-state index in [0.717, 1.165) is 11.3 Å². The third kappa shape index (κ3) is 7.49. The molecule has 0 aliphatic rings. The molecule has 0 aliphatic carbocycles. The first-order valence-electron chi connectivity index (χ1n) is 6.21. The van der Waals surface area contributed by atoms with Gasteiger partial charge in [0.2, 0.25) is 0 Å². The molecule has 1 atom stereocenters. The number of hydrazone groups is 1. The van der Waals surface area contributed by atoms with E-state index in [2.05, 4.69) is 10.5 Å². The van der Waals surface area contributed by atoms with Crippen molar-refractivity contribution in [3.05, 3.63) is 47.8 Å². The summed E-state index contributed by atoms with van der Waals surface area (Å²) in [4.78, 5) is 0.